The molecule has 0 saturated carbocycles. The number of carbonyl (C=O) groups excluding carboxylic acids is 2. The van der Waals surface area contributed by atoms with Crippen molar-refractivity contribution in [1.29, 1.82) is 0 Å². The lowest BCUT2D eigenvalue weighted by molar-refractivity contribution is -0.140. The highest BCUT2D eigenvalue weighted by molar-refractivity contribution is 6.35. The van der Waals surface area contributed by atoms with Crippen LogP contribution < -0.4 is 10.6 Å². The van der Waals surface area contributed by atoms with E-state index in [1.165, 1.54) is 13.2 Å². The highest BCUT2D eigenvalue weighted by Crippen LogP contribution is 2.26. The Kier molecular flexibility index (Phi) is 6.46. The van der Waals surface area contributed by atoms with E-state index in [0.29, 0.717) is 5.56 Å². The molecule has 0 heterocycles. The van der Waals surface area contributed by atoms with Gasteiger partial charge in [-0.1, -0.05) is 48.5 Å². The Morgan fingerprint density at radius 1 is 1.08 bits per heavy atom. The molecule has 2 N–H and O–H groups in total. The summed E-state index contributed by atoms with van der Waals surface area (Å²) in [7, 11) is 1.43. The van der Waals surface area contributed by atoms with Gasteiger partial charge in [0.25, 0.3) is 0 Å². The fourth-order valence-electron chi connectivity index (χ4n) is 2.58. The molecule has 6 heteroatoms. The number of benzene rings is 2. The molecule has 26 heavy (non-hydrogen) atoms. The number of nitrogens with one attached hydrogen (secondary N) is 2. The molecule has 2 aromatic rings. The number of methoxy groups -OCH3 is 1. The van der Waals surface area contributed by atoms with Crippen LogP contribution in [0.5, 0.6) is 0 Å². The summed E-state index contributed by atoms with van der Waals surface area (Å²) in [5.74, 6) is -1.99. The fraction of sp³-hybridized carbons (Fsp3) is 0.300. The maximum atomic E-state index is 14.0. The number of rotatable bonds is 6. The van der Waals surface area contributed by atoms with Crippen molar-refractivity contribution < 1.29 is 18.7 Å². The van der Waals surface area contributed by atoms with Gasteiger partial charge in [0, 0.05) is 12.7 Å². The maximum absolute atomic E-state index is 14.0. The van der Waals surface area contributed by atoms with Gasteiger partial charge in [0.1, 0.15) is 11.4 Å². The molecule has 2 atom stereocenters. The van der Waals surface area contributed by atoms with Crippen LogP contribution in [-0.4, -0.2) is 25.5 Å². The van der Waals surface area contributed by atoms with Crippen molar-refractivity contribution in [3.63, 3.8) is 0 Å². The van der Waals surface area contributed by atoms with Gasteiger partial charge in [-0.2, -0.15) is 0 Å². The van der Waals surface area contributed by atoms with E-state index in [4.69, 9.17) is 4.74 Å². The third-order valence-corrected chi connectivity index (χ3v) is 4.33. The normalized spacial score (nSPS) is 14.2. The lowest BCUT2D eigenvalue weighted by atomic mass is 9.95. The molecule has 0 aliphatic carbocycles. The van der Waals surface area contributed by atoms with E-state index in [1.807, 2.05) is 30.3 Å². The van der Waals surface area contributed by atoms with Crippen molar-refractivity contribution in [2.45, 2.75) is 25.5 Å². The lowest BCUT2D eigenvalue weighted by Gasteiger charge is -2.29. The average Bonchev–Trinajstić information content (AvgIpc) is 2.66. The van der Waals surface area contributed by atoms with E-state index < -0.39 is 23.2 Å². The van der Waals surface area contributed by atoms with Crippen LogP contribution in [0.1, 0.15) is 31.0 Å². The van der Waals surface area contributed by atoms with E-state index in [1.54, 1.807) is 32.0 Å². The van der Waals surface area contributed by atoms with Gasteiger partial charge in [-0.3, -0.25) is 9.59 Å². The molecule has 0 radical (unpaired) electrons. The molecule has 0 aliphatic rings. The molecule has 5 nitrogen and oxygen atoms in total. The van der Waals surface area contributed by atoms with Crippen LogP contribution >= 0.6 is 0 Å². The average molecular weight is 358 g/mol. The monoisotopic (exact) mass is 358 g/mol. The molecule has 2 rings (SSSR count). The van der Waals surface area contributed by atoms with Gasteiger partial charge < -0.3 is 15.4 Å². The summed E-state index contributed by atoms with van der Waals surface area (Å²) in [4.78, 5) is 24.2. The molecule has 0 spiro atoms. The Hall–Kier alpha value is -2.73. The Labute approximate surface area is 152 Å². The number of carbonyl (C=O) groups is 2. The number of hydrogen-bond acceptors (Lipinski definition) is 3. The van der Waals surface area contributed by atoms with Gasteiger partial charge in [0.2, 0.25) is 0 Å². The summed E-state index contributed by atoms with van der Waals surface area (Å²) < 4.78 is 19.4. The van der Waals surface area contributed by atoms with Gasteiger partial charge in [-0.25, -0.2) is 4.39 Å². The number of amides is 2. The Morgan fingerprint density at radius 2 is 1.69 bits per heavy atom. The Bertz CT molecular complexity index is 767. The number of hydrogen-bond donors (Lipinski definition) is 2. The lowest BCUT2D eigenvalue weighted by Crippen LogP contribution is -2.46. The third-order valence-electron chi connectivity index (χ3n) is 4.33. The van der Waals surface area contributed by atoms with E-state index >= 15 is 0 Å². The third kappa shape index (κ3) is 4.67. The van der Waals surface area contributed by atoms with Crippen LogP contribution in [0, 0.1) is 5.82 Å². The highest BCUT2D eigenvalue weighted by atomic mass is 19.1. The van der Waals surface area contributed by atoms with Crippen molar-refractivity contribution >= 4 is 11.8 Å². The van der Waals surface area contributed by atoms with Crippen molar-refractivity contribution in [3.05, 3.63) is 71.5 Å². The summed E-state index contributed by atoms with van der Waals surface area (Å²) in [6.45, 7) is 3.39. The van der Waals surface area contributed by atoms with E-state index in [2.05, 4.69) is 10.6 Å². The van der Waals surface area contributed by atoms with Gasteiger partial charge in [-0.05, 0) is 25.5 Å². The predicted octanol–water partition coefficient (Wildman–Crippen LogP) is 2.68. The second kappa shape index (κ2) is 8.58. The topological polar surface area (TPSA) is 67.4 Å². The van der Waals surface area contributed by atoms with Crippen molar-refractivity contribution in [3.8, 4) is 0 Å². The molecule has 0 bridgehead atoms. The van der Waals surface area contributed by atoms with Crippen LogP contribution in [0.4, 0.5) is 4.39 Å². The van der Waals surface area contributed by atoms with Crippen molar-refractivity contribution in [2.75, 3.05) is 13.7 Å². The summed E-state index contributed by atoms with van der Waals surface area (Å²) in [5.41, 5.74) is 0.106. The summed E-state index contributed by atoms with van der Waals surface area (Å²) >= 11 is 0. The largest absolute Gasteiger partial charge is 0.372 e. The first-order valence-electron chi connectivity index (χ1n) is 8.31. The first kappa shape index (κ1) is 19.6. The minimum absolute atomic E-state index is 0.0452. The molecule has 2 aromatic carbocycles. The zero-order valence-electron chi connectivity index (χ0n) is 15.1. The van der Waals surface area contributed by atoms with E-state index in [0.717, 1.165) is 5.56 Å². The molecule has 0 aromatic heterocycles. The molecule has 0 aliphatic heterocycles. The zero-order chi connectivity index (χ0) is 19.2. The highest BCUT2D eigenvalue weighted by Gasteiger charge is 2.30. The first-order valence-corrected chi connectivity index (χ1v) is 8.31. The summed E-state index contributed by atoms with van der Waals surface area (Å²) in [6.07, 6.45) is 0. The van der Waals surface area contributed by atoms with Crippen LogP contribution in [0.2, 0.25) is 0 Å². The molecular weight excluding hydrogens is 335 g/mol. The molecular formula is C20H23FN2O3. The molecule has 2 amide bonds. The van der Waals surface area contributed by atoms with Crippen LogP contribution in [-0.2, 0) is 19.9 Å². The molecule has 138 valence electrons. The number of halogens is 1. The van der Waals surface area contributed by atoms with Gasteiger partial charge in [0.05, 0.1) is 12.6 Å². The fourth-order valence-corrected chi connectivity index (χ4v) is 2.58. The molecule has 2 unspecified atom stereocenters. The Balaban J connectivity index is 1.98. The Morgan fingerprint density at radius 3 is 2.31 bits per heavy atom. The van der Waals surface area contributed by atoms with Crippen molar-refractivity contribution in [1.82, 2.24) is 10.6 Å². The maximum Gasteiger partial charge on any atom is 0.309 e. The minimum Gasteiger partial charge on any atom is -0.372 e. The molecule has 0 saturated heterocycles. The summed E-state index contributed by atoms with van der Waals surface area (Å²) in [6, 6.07) is 15.2. The molecule has 0 fully saturated rings. The van der Waals surface area contributed by atoms with Crippen LogP contribution in [0.25, 0.3) is 0 Å². The number of ether oxygens (including phenoxy) is 1. The summed E-state index contributed by atoms with van der Waals surface area (Å²) in [5, 5.41) is 5.15. The van der Waals surface area contributed by atoms with E-state index in [-0.39, 0.29) is 12.6 Å². The van der Waals surface area contributed by atoms with E-state index in [9.17, 15) is 14.0 Å². The van der Waals surface area contributed by atoms with Crippen molar-refractivity contribution in [2.24, 2.45) is 0 Å². The first-order chi connectivity index (χ1) is 12.4. The van der Waals surface area contributed by atoms with Gasteiger partial charge in [0.15, 0.2) is 0 Å². The minimum atomic E-state index is -1.09. The van der Waals surface area contributed by atoms with Gasteiger partial charge >= 0.3 is 11.8 Å². The second-order valence-electron chi connectivity index (χ2n) is 6.20. The SMILES string of the molecule is COC(C)(CNC(=O)C(=O)NC(C)c1ccccc1)c1ccccc1F. The predicted molar refractivity (Wildman–Crippen MR) is 96.8 cm³/mol. The zero-order valence-corrected chi connectivity index (χ0v) is 15.1. The quantitative estimate of drug-likeness (QED) is 0.780. The smallest absolute Gasteiger partial charge is 0.309 e. The van der Waals surface area contributed by atoms with Crippen LogP contribution in [0.3, 0.4) is 0 Å². The second-order valence-corrected chi connectivity index (χ2v) is 6.20. The van der Waals surface area contributed by atoms with Gasteiger partial charge in [-0.15, -0.1) is 0 Å². The van der Waals surface area contributed by atoms with Crippen LogP contribution in [0.15, 0.2) is 54.6 Å². The standard InChI is InChI=1S/C20H23FN2O3/c1-14(15-9-5-4-6-10-15)23-19(25)18(24)22-13-20(2,26-3)16-11-7-8-12-17(16)21/h4-12,14H,13H2,1-3H3,(H,22,24)(H,23,25).